The second-order valence-corrected chi connectivity index (χ2v) is 2.70. The highest BCUT2D eigenvalue weighted by Crippen LogP contribution is 1.95. The Morgan fingerprint density at radius 1 is 1.30 bits per heavy atom. The van der Waals surface area contributed by atoms with Gasteiger partial charge in [-0.15, -0.1) is 0 Å². The minimum Gasteiger partial charge on any atom is -0.369 e. The monoisotopic (exact) mass is 145 g/mol. The van der Waals surface area contributed by atoms with Crippen LogP contribution in [0.5, 0.6) is 0 Å². The number of methoxy groups -OCH3 is 1. The van der Waals surface area contributed by atoms with Crippen LogP contribution in [0.1, 0.15) is 26.2 Å². The zero-order chi connectivity index (χ0) is 7.82. The van der Waals surface area contributed by atoms with Crippen LogP contribution >= 0.6 is 0 Å². The fourth-order valence-electron chi connectivity index (χ4n) is 0.917. The van der Waals surface area contributed by atoms with Gasteiger partial charge in [-0.3, -0.25) is 4.90 Å². The van der Waals surface area contributed by atoms with E-state index in [0.29, 0.717) is 0 Å². The molecule has 0 N–H and O–H groups in total. The first-order chi connectivity index (χ1) is 4.81. The summed E-state index contributed by atoms with van der Waals surface area (Å²) < 4.78 is 4.96. The molecular weight excluding hydrogens is 126 g/mol. The van der Waals surface area contributed by atoms with E-state index >= 15 is 0 Å². The lowest BCUT2D eigenvalue weighted by Gasteiger charge is -2.14. The smallest absolute Gasteiger partial charge is 0.0983 e. The van der Waals surface area contributed by atoms with Crippen molar-refractivity contribution in [3.63, 3.8) is 0 Å². The van der Waals surface area contributed by atoms with Crippen molar-refractivity contribution >= 4 is 0 Å². The molecule has 2 nitrogen and oxygen atoms in total. The van der Waals surface area contributed by atoms with Gasteiger partial charge in [0.15, 0.2) is 0 Å². The first-order valence-corrected chi connectivity index (χ1v) is 3.98. The van der Waals surface area contributed by atoms with E-state index in [4.69, 9.17) is 4.74 Å². The average molecular weight is 145 g/mol. The maximum Gasteiger partial charge on any atom is 0.0983 e. The van der Waals surface area contributed by atoms with E-state index < -0.39 is 0 Å². The van der Waals surface area contributed by atoms with E-state index in [-0.39, 0.29) is 0 Å². The summed E-state index contributed by atoms with van der Waals surface area (Å²) in [7, 11) is 3.81. The molecule has 0 aromatic carbocycles. The predicted octanol–water partition coefficient (Wildman–Crippen LogP) is 1.71. The number of ether oxygens (including phenoxy) is 1. The second kappa shape index (κ2) is 7.03. The van der Waals surface area contributed by atoms with Gasteiger partial charge < -0.3 is 4.74 Å². The molecule has 0 aliphatic carbocycles. The molecule has 0 spiro atoms. The molecule has 0 aliphatic heterocycles. The van der Waals surface area contributed by atoms with Gasteiger partial charge in [0.25, 0.3) is 0 Å². The van der Waals surface area contributed by atoms with Crippen molar-refractivity contribution < 1.29 is 4.74 Å². The van der Waals surface area contributed by atoms with Gasteiger partial charge in [-0.05, 0) is 20.0 Å². The molecule has 0 bridgehead atoms. The minimum atomic E-state index is 0.754. The Morgan fingerprint density at radius 2 is 2.00 bits per heavy atom. The van der Waals surface area contributed by atoms with Crippen molar-refractivity contribution in [2.45, 2.75) is 26.2 Å². The van der Waals surface area contributed by atoms with Crippen LogP contribution in [-0.2, 0) is 4.74 Å². The van der Waals surface area contributed by atoms with Gasteiger partial charge in [0.1, 0.15) is 0 Å². The molecule has 0 saturated carbocycles. The first-order valence-electron chi connectivity index (χ1n) is 3.98. The summed E-state index contributed by atoms with van der Waals surface area (Å²) in [5, 5.41) is 0. The van der Waals surface area contributed by atoms with Crippen molar-refractivity contribution in [2.24, 2.45) is 0 Å². The largest absolute Gasteiger partial charge is 0.369 e. The summed E-state index contributed by atoms with van der Waals surface area (Å²) in [6.45, 7) is 4.13. The van der Waals surface area contributed by atoms with Crippen molar-refractivity contribution in [3.8, 4) is 0 Å². The van der Waals surface area contributed by atoms with Crippen LogP contribution in [0.4, 0.5) is 0 Å². The highest BCUT2D eigenvalue weighted by Gasteiger charge is 1.93. The second-order valence-electron chi connectivity index (χ2n) is 2.70. The van der Waals surface area contributed by atoms with Crippen LogP contribution in [0.3, 0.4) is 0 Å². The topological polar surface area (TPSA) is 12.5 Å². The Labute approximate surface area is 64.2 Å². The Morgan fingerprint density at radius 3 is 2.50 bits per heavy atom. The normalized spacial score (nSPS) is 10.8. The fraction of sp³-hybridized carbons (Fsp3) is 1.00. The van der Waals surface area contributed by atoms with Crippen LogP contribution in [0.25, 0.3) is 0 Å². The third kappa shape index (κ3) is 6.05. The lowest BCUT2D eigenvalue weighted by atomic mass is 10.2. The number of hydrogen-bond donors (Lipinski definition) is 0. The molecule has 0 heterocycles. The van der Waals surface area contributed by atoms with E-state index in [1.165, 1.54) is 19.3 Å². The van der Waals surface area contributed by atoms with Crippen LogP contribution in [0.15, 0.2) is 0 Å². The molecule has 0 radical (unpaired) electrons. The molecule has 2 heteroatoms. The van der Waals surface area contributed by atoms with Gasteiger partial charge >= 0.3 is 0 Å². The quantitative estimate of drug-likeness (QED) is 0.417. The maximum atomic E-state index is 4.96. The molecule has 10 heavy (non-hydrogen) atoms. The maximum absolute atomic E-state index is 4.96. The predicted molar refractivity (Wildman–Crippen MR) is 44.0 cm³/mol. The zero-order valence-electron chi connectivity index (χ0n) is 7.39. The van der Waals surface area contributed by atoms with E-state index in [1.54, 1.807) is 7.11 Å². The number of rotatable bonds is 6. The molecule has 0 fully saturated rings. The molecule has 0 amide bonds. The molecule has 0 aromatic heterocycles. The summed E-state index contributed by atoms with van der Waals surface area (Å²) in [5.41, 5.74) is 0. The van der Waals surface area contributed by atoms with Crippen molar-refractivity contribution in [3.05, 3.63) is 0 Å². The fourth-order valence-corrected chi connectivity index (χ4v) is 0.917. The number of hydrogen-bond acceptors (Lipinski definition) is 2. The van der Waals surface area contributed by atoms with Crippen LogP contribution in [0.2, 0.25) is 0 Å². The zero-order valence-corrected chi connectivity index (χ0v) is 7.39. The van der Waals surface area contributed by atoms with Gasteiger partial charge in [-0.1, -0.05) is 19.8 Å². The van der Waals surface area contributed by atoms with E-state index in [0.717, 1.165) is 13.3 Å². The molecule has 0 saturated heterocycles. The first kappa shape index (κ1) is 9.92. The van der Waals surface area contributed by atoms with Gasteiger partial charge in [0.2, 0.25) is 0 Å². The van der Waals surface area contributed by atoms with E-state index in [9.17, 15) is 0 Å². The lowest BCUT2D eigenvalue weighted by Crippen LogP contribution is -2.21. The number of nitrogens with zero attached hydrogens (tertiary/aromatic N) is 1. The van der Waals surface area contributed by atoms with Crippen molar-refractivity contribution in [1.82, 2.24) is 4.90 Å². The Bertz CT molecular complexity index is 66.3. The number of unbranched alkanes of at least 4 members (excludes halogenated alkanes) is 2. The SMILES string of the molecule is CCCCCN(C)COC. The molecular formula is C8H19NO. The Hall–Kier alpha value is -0.0800. The lowest BCUT2D eigenvalue weighted by molar-refractivity contribution is 0.0808. The molecule has 0 aromatic rings. The van der Waals surface area contributed by atoms with E-state index in [1.807, 2.05) is 0 Å². The van der Waals surface area contributed by atoms with Crippen molar-refractivity contribution in [1.29, 1.82) is 0 Å². The summed E-state index contributed by atoms with van der Waals surface area (Å²) in [6, 6.07) is 0. The summed E-state index contributed by atoms with van der Waals surface area (Å²) >= 11 is 0. The molecule has 0 unspecified atom stereocenters. The third-order valence-electron chi connectivity index (χ3n) is 1.49. The van der Waals surface area contributed by atoms with Crippen molar-refractivity contribution in [2.75, 3.05) is 27.4 Å². The Kier molecular flexibility index (Phi) is 6.98. The highest BCUT2D eigenvalue weighted by atomic mass is 16.5. The summed E-state index contributed by atoms with van der Waals surface area (Å²) in [5.74, 6) is 0. The molecule has 0 aliphatic rings. The van der Waals surface area contributed by atoms with Crippen LogP contribution in [-0.4, -0.2) is 32.3 Å². The molecule has 62 valence electrons. The van der Waals surface area contributed by atoms with E-state index in [2.05, 4.69) is 18.9 Å². The molecule has 0 rings (SSSR count). The third-order valence-corrected chi connectivity index (χ3v) is 1.49. The van der Waals surface area contributed by atoms with Gasteiger partial charge in [0.05, 0.1) is 6.73 Å². The minimum absolute atomic E-state index is 0.754. The highest BCUT2D eigenvalue weighted by molar-refractivity contribution is 4.44. The van der Waals surface area contributed by atoms with Gasteiger partial charge in [0, 0.05) is 7.11 Å². The van der Waals surface area contributed by atoms with Gasteiger partial charge in [-0.2, -0.15) is 0 Å². The summed E-state index contributed by atoms with van der Waals surface area (Å²) in [4.78, 5) is 2.19. The van der Waals surface area contributed by atoms with Gasteiger partial charge in [-0.25, -0.2) is 0 Å². The van der Waals surface area contributed by atoms with Crippen LogP contribution in [0, 0.1) is 0 Å². The molecule has 0 atom stereocenters. The Balaban J connectivity index is 2.97. The standard InChI is InChI=1S/C8H19NO/c1-4-5-6-7-9(2)8-10-3/h4-8H2,1-3H3. The summed E-state index contributed by atoms with van der Waals surface area (Å²) in [6.07, 6.45) is 3.91. The average Bonchev–Trinajstić information content (AvgIpc) is 1.89. The van der Waals surface area contributed by atoms with Crippen LogP contribution < -0.4 is 0 Å².